The summed E-state index contributed by atoms with van der Waals surface area (Å²) in [5.74, 6) is -0.670. The van der Waals surface area contributed by atoms with Gasteiger partial charge in [-0.25, -0.2) is 12.8 Å². The zero-order valence-corrected chi connectivity index (χ0v) is 15.7. The fourth-order valence-electron chi connectivity index (χ4n) is 3.19. The van der Waals surface area contributed by atoms with Crippen LogP contribution in [-0.2, 0) is 14.8 Å². The zero-order chi connectivity index (χ0) is 19.1. The Labute approximate surface area is 152 Å². The first kappa shape index (κ1) is 18.5. The number of hydrogen-bond acceptors (Lipinski definition) is 3. The summed E-state index contributed by atoms with van der Waals surface area (Å²) in [4.78, 5) is 14.3. The Morgan fingerprint density at radius 2 is 1.81 bits per heavy atom. The number of benzene rings is 2. The number of halogens is 1. The first-order chi connectivity index (χ1) is 12.2. The van der Waals surface area contributed by atoms with E-state index in [9.17, 15) is 17.6 Å². The van der Waals surface area contributed by atoms with E-state index in [-0.39, 0.29) is 16.6 Å². The van der Waals surface area contributed by atoms with Gasteiger partial charge >= 0.3 is 0 Å². The van der Waals surface area contributed by atoms with Gasteiger partial charge in [-0.05, 0) is 62.6 Å². The van der Waals surface area contributed by atoms with Gasteiger partial charge in [0.15, 0.2) is 0 Å². The minimum Gasteiger partial charge on any atom is -0.311 e. The molecule has 2 aromatic carbocycles. The smallest absolute Gasteiger partial charge is 0.245 e. The van der Waals surface area contributed by atoms with Gasteiger partial charge in [-0.1, -0.05) is 17.7 Å². The van der Waals surface area contributed by atoms with Gasteiger partial charge in [0.05, 0.1) is 4.90 Å². The maximum absolute atomic E-state index is 13.4. The van der Waals surface area contributed by atoms with Crippen LogP contribution in [0.2, 0.25) is 0 Å². The van der Waals surface area contributed by atoms with Crippen molar-refractivity contribution in [2.45, 2.75) is 38.1 Å². The summed E-state index contributed by atoms with van der Waals surface area (Å²) >= 11 is 0. The van der Waals surface area contributed by atoms with Crippen LogP contribution in [0, 0.1) is 26.6 Å². The molecular formula is C19H21FN2O3S. The predicted octanol–water partition coefficient (Wildman–Crippen LogP) is 2.83. The van der Waals surface area contributed by atoms with Crippen molar-refractivity contribution in [3.05, 3.63) is 58.9 Å². The van der Waals surface area contributed by atoms with E-state index in [2.05, 4.69) is 4.72 Å². The van der Waals surface area contributed by atoms with Gasteiger partial charge in [-0.3, -0.25) is 4.79 Å². The van der Waals surface area contributed by atoms with Crippen LogP contribution in [0.5, 0.6) is 0 Å². The SMILES string of the molecule is Cc1ccc(S(=O)(=O)N[C@@H]2CCN(c3ccc(F)c(C)c3)C2=O)c(C)c1. The molecule has 0 unspecified atom stereocenters. The molecule has 1 aliphatic heterocycles. The minimum absolute atomic E-state index is 0.173. The van der Waals surface area contributed by atoms with Crippen LogP contribution in [0.3, 0.4) is 0 Å². The monoisotopic (exact) mass is 376 g/mol. The van der Waals surface area contributed by atoms with Crippen molar-refractivity contribution in [3.8, 4) is 0 Å². The summed E-state index contributed by atoms with van der Waals surface area (Å²) < 4.78 is 41.3. The molecule has 1 fully saturated rings. The van der Waals surface area contributed by atoms with E-state index in [1.165, 1.54) is 17.0 Å². The molecule has 138 valence electrons. The molecule has 1 saturated heterocycles. The van der Waals surface area contributed by atoms with Crippen LogP contribution in [0.15, 0.2) is 41.3 Å². The molecule has 0 saturated carbocycles. The topological polar surface area (TPSA) is 66.5 Å². The van der Waals surface area contributed by atoms with E-state index in [1.807, 2.05) is 6.92 Å². The number of rotatable bonds is 4. The first-order valence-electron chi connectivity index (χ1n) is 8.36. The summed E-state index contributed by atoms with van der Waals surface area (Å²) in [6.45, 7) is 5.62. The van der Waals surface area contributed by atoms with Crippen LogP contribution in [0.4, 0.5) is 10.1 Å². The molecule has 3 rings (SSSR count). The largest absolute Gasteiger partial charge is 0.311 e. The minimum atomic E-state index is -3.80. The Hall–Kier alpha value is -2.25. The summed E-state index contributed by atoms with van der Waals surface area (Å²) in [5.41, 5.74) is 2.61. The second-order valence-corrected chi connectivity index (χ2v) is 8.34. The van der Waals surface area contributed by atoms with Crippen molar-refractivity contribution >= 4 is 21.6 Å². The standard InChI is InChI=1S/C19H21FN2O3S/c1-12-4-7-18(14(3)10-12)26(24,25)21-17-8-9-22(19(17)23)15-5-6-16(20)13(2)11-15/h4-7,10-11,17,21H,8-9H2,1-3H3/t17-/m1/s1. The lowest BCUT2D eigenvalue weighted by Gasteiger charge is -2.18. The second kappa shape index (κ2) is 6.81. The van der Waals surface area contributed by atoms with Gasteiger partial charge in [-0.2, -0.15) is 4.72 Å². The number of hydrogen-bond donors (Lipinski definition) is 1. The lowest BCUT2D eigenvalue weighted by atomic mass is 10.2. The molecule has 0 aliphatic carbocycles. The van der Waals surface area contributed by atoms with Crippen molar-refractivity contribution in [3.63, 3.8) is 0 Å². The third kappa shape index (κ3) is 3.50. The molecule has 1 heterocycles. The van der Waals surface area contributed by atoms with Gasteiger partial charge < -0.3 is 4.90 Å². The van der Waals surface area contributed by atoms with Gasteiger partial charge in [0, 0.05) is 12.2 Å². The second-order valence-electron chi connectivity index (χ2n) is 6.65. The Bertz CT molecular complexity index is 973. The summed E-state index contributed by atoms with van der Waals surface area (Å²) in [6, 6.07) is 8.67. The van der Waals surface area contributed by atoms with Gasteiger partial charge in [0.25, 0.3) is 0 Å². The normalized spacial score (nSPS) is 17.8. The molecule has 1 N–H and O–H groups in total. The molecule has 1 amide bonds. The van der Waals surface area contributed by atoms with Crippen LogP contribution in [0.25, 0.3) is 0 Å². The van der Waals surface area contributed by atoms with E-state index in [0.717, 1.165) is 5.56 Å². The van der Waals surface area contributed by atoms with E-state index in [4.69, 9.17) is 0 Å². The zero-order valence-electron chi connectivity index (χ0n) is 14.9. The van der Waals surface area contributed by atoms with Crippen molar-refractivity contribution in [1.82, 2.24) is 4.72 Å². The van der Waals surface area contributed by atoms with E-state index >= 15 is 0 Å². The highest BCUT2D eigenvalue weighted by atomic mass is 32.2. The first-order valence-corrected chi connectivity index (χ1v) is 9.84. The maximum Gasteiger partial charge on any atom is 0.245 e. The Kier molecular flexibility index (Phi) is 4.86. The highest BCUT2D eigenvalue weighted by Gasteiger charge is 2.36. The number of sulfonamides is 1. The number of anilines is 1. The molecule has 5 nitrogen and oxygen atoms in total. The number of aryl methyl sites for hydroxylation is 3. The van der Waals surface area contributed by atoms with Crippen molar-refractivity contribution in [2.24, 2.45) is 0 Å². The molecule has 1 atom stereocenters. The number of amides is 1. The predicted molar refractivity (Wildman–Crippen MR) is 98.1 cm³/mol. The average molecular weight is 376 g/mol. The van der Waals surface area contributed by atoms with E-state index < -0.39 is 16.1 Å². The van der Waals surface area contributed by atoms with Gasteiger partial charge in [0.1, 0.15) is 11.9 Å². The molecule has 0 aromatic heterocycles. The average Bonchev–Trinajstić information content (AvgIpc) is 2.90. The summed E-state index contributed by atoms with van der Waals surface area (Å²) in [5, 5.41) is 0. The Morgan fingerprint density at radius 3 is 2.46 bits per heavy atom. The van der Waals surface area contributed by atoms with Crippen LogP contribution in [-0.4, -0.2) is 26.9 Å². The van der Waals surface area contributed by atoms with Crippen LogP contribution in [0.1, 0.15) is 23.1 Å². The molecule has 0 spiro atoms. The highest BCUT2D eigenvalue weighted by Crippen LogP contribution is 2.25. The number of nitrogens with one attached hydrogen (secondary N) is 1. The maximum atomic E-state index is 13.4. The number of nitrogens with zero attached hydrogens (tertiary/aromatic N) is 1. The van der Waals surface area contributed by atoms with Crippen molar-refractivity contribution in [2.75, 3.05) is 11.4 Å². The fraction of sp³-hybridized carbons (Fsp3) is 0.316. The Morgan fingerprint density at radius 1 is 1.08 bits per heavy atom. The number of carbonyl (C=O) groups is 1. The lowest BCUT2D eigenvalue weighted by molar-refractivity contribution is -0.118. The molecule has 1 aliphatic rings. The quantitative estimate of drug-likeness (QED) is 0.892. The highest BCUT2D eigenvalue weighted by molar-refractivity contribution is 7.89. The third-order valence-corrected chi connectivity index (χ3v) is 6.21. The van der Waals surface area contributed by atoms with Crippen LogP contribution < -0.4 is 9.62 Å². The molecular weight excluding hydrogens is 355 g/mol. The Balaban J connectivity index is 1.81. The summed E-state index contributed by atoms with van der Waals surface area (Å²) in [7, 11) is -3.80. The number of carbonyl (C=O) groups excluding carboxylic acids is 1. The van der Waals surface area contributed by atoms with Crippen molar-refractivity contribution in [1.29, 1.82) is 0 Å². The molecule has 26 heavy (non-hydrogen) atoms. The fourth-order valence-corrected chi connectivity index (χ4v) is 4.64. The van der Waals surface area contributed by atoms with Crippen molar-refractivity contribution < 1.29 is 17.6 Å². The summed E-state index contributed by atoms with van der Waals surface area (Å²) in [6.07, 6.45) is 0.361. The van der Waals surface area contributed by atoms with Gasteiger partial charge in [-0.15, -0.1) is 0 Å². The van der Waals surface area contributed by atoms with E-state index in [1.54, 1.807) is 38.1 Å². The molecule has 7 heteroatoms. The third-order valence-electron chi connectivity index (χ3n) is 4.58. The van der Waals surface area contributed by atoms with E-state index in [0.29, 0.717) is 29.8 Å². The molecule has 0 radical (unpaired) electrons. The lowest BCUT2D eigenvalue weighted by Crippen LogP contribution is -2.41. The molecule has 2 aromatic rings. The molecule has 0 bridgehead atoms. The van der Waals surface area contributed by atoms with Gasteiger partial charge in [0.2, 0.25) is 15.9 Å². The van der Waals surface area contributed by atoms with Crippen LogP contribution >= 0.6 is 0 Å².